The average Bonchev–Trinajstić information content (AvgIpc) is 2.79. The fourth-order valence-corrected chi connectivity index (χ4v) is 3.96. The van der Waals surface area contributed by atoms with Crippen molar-refractivity contribution in [3.8, 4) is 0 Å². The molecule has 0 spiro atoms. The molecule has 1 nitrogen and oxygen atoms in total. The number of para-hydroxylation sites is 1. The summed E-state index contributed by atoms with van der Waals surface area (Å²) < 4.78 is 0. The van der Waals surface area contributed by atoms with Crippen LogP contribution in [-0.2, 0) is 0 Å². The second-order valence-corrected chi connectivity index (χ2v) is 8.72. The molecule has 0 aromatic heterocycles. The number of benzene rings is 4. The van der Waals surface area contributed by atoms with Crippen LogP contribution in [0.15, 0.2) is 115 Å². The first kappa shape index (κ1) is 20.7. The Balaban J connectivity index is 1.73. The highest BCUT2D eigenvalue weighted by Crippen LogP contribution is 2.34. The van der Waals surface area contributed by atoms with E-state index in [2.05, 4.69) is 147 Å². The molecule has 1 heteroatoms. The van der Waals surface area contributed by atoms with Crippen LogP contribution in [0.1, 0.15) is 37.5 Å². The summed E-state index contributed by atoms with van der Waals surface area (Å²) in [6, 6.07) is 40.6. The Hall–Kier alpha value is -3.58. The highest BCUT2D eigenvalue weighted by atomic mass is 15.2. The van der Waals surface area contributed by atoms with Crippen LogP contribution in [0.5, 0.6) is 0 Å². The highest BCUT2D eigenvalue weighted by Gasteiger charge is 2.23. The van der Waals surface area contributed by atoms with E-state index in [4.69, 9.17) is 0 Å². The van der Waals surface area contributed by atoms with Crippen LogP contribution < -0.4 is 4.90 Å². The summed E-state index contributed by atoms with van der Waals surface area (Å²) in [4.78, 5) is 2.38. The van der Waals surface area contributed by atoms with Gasteiger partial charge in [0.2, 0.25) is 0 Å². The van der Waals surface area contributed by atoms with Crippen molar-refractivity contribution in [2.24, 2.45) is 0 Å². The molecule has 0 fully saturated rings. The number of hydrogen-bond donors (Lipinski definition) is 0. The van der Waals surface area contributed by atoms with Crippen molar-refractivity contribution >= 4 is 23.0 Å². The zero-order valence-corrected chi connectivity index (χ0v) is 18.5. The lowest BCUT2D eigenvalue weighted by Gasteiger charge is -2.38. The molecule has 0 amide bonds. The molecule has 0 atom stereocenters. The first-order chi connectivity index (χ1) is 15.0. The molecule has 4 aromatic rings. The lowest BCUT2D eigenvalue weighted by molar-refractivity contribution is 0.560. The number of rotatable bonds is 5. The maximum absolute atomic E-state index is 2.38. The Labute approximate surface area is 186 Å². The molecule has 0 aliphatic rings. The zero-order valence-electron chi connectivity index (χ0n) is 18.5. The van der Waals surface area contributed by atoms with Crippen molar-refractivity contribution in [1.82, 2.24) is 0 Å². The number of nitrogens with zero attached hydrogens (tertiary/aromatic N) is 1. The summed E-state index contributed by atoms with van der Waals surface area (Å²) in [5.74, 6) is 0. The fourth-order valence-electron chi connectivity index (χ4n) is 3.96. The van der Waals surface area contributed by atoms with Crippen molar-refractivity contribution in [2.45, 2.75) is 26.3 Å². The molecule has 154 valence electrons. The van der Waals surface area contributed by atoms with Crippen LogP contribution in [0.4, 0.5) is 11.4 Å². The predicted octanol–water partition coefficient (Wildman–Crippen LogP) is 8.21. The van der Waals surface area contributed by atoms with Gasteiger partial charge in [-0.25, -0.2) is 0 Å². The van der Waals surface area contributed by atoms with Crippen molar-refractivity contribution in [2.75, 3.05) is 4.90 Å². The van der Waals surface area contributed by atoms with E-state index in [0.717, 1.165) is 0 Å². The van der Waals surface area contributed by atoms with Gasteiger partial charge in [0.25, 0.3) is 0 Å². The summed E-state index contributed by atoms with van der Waals surface area (Å²) in [6.45, 7) is 6.74. The van der Waals surface area contributed by atoms with E-state index in [1.807, 2.05) is 0 Å². The lowest BCUT2D eigenvalue weighted by atomic mass is 9.95. The smallest absolute Gasteiger partial charge is 0.0416 e. The van der Waals surface area contributed by atoms with Crippen molar-refractivity contribution < 1.29 is 0 Å². The van der Waals surface area contributed by atoms with Gasteiger partial charge in [-0.1, -0.05) is 91.0 Å². The van der Waals surface area contributed by atoms with Gasteiger partial charge < -0.3 is 4.90 Å². The van der Waals surface area contributed by atoms with E-state index >= 15 is 0 Å². The topological polar surface area (TPSA) is 3.24 Å². The molecule has 0 aliphatic heterocycles. The van der Waals surface area contributed by atoms with Gasteiger partial charge in [-0.15, -0.1) is 0 Å². The third-order valence-corrected chi connectivity index (χ3v) is 5.32. The minimum absolute atomic E-state index is 0.0298. The Morgan fingerprint density at radius 2 is 0.968 bits per heavy atom. The quantitative estimate of drug-likeness (QED) is 0.303. The standard InChI is InChI=1S/C30H29N/c1-30(2,3)31(27-17-11-6-12-18-27)28-21-19-24(20-22-28)23-29(25-13-7-4-8-14-25)26-15-9-5-10-16-26/h4-23H,1-3H3. The zero-order chi connectivity index (χ0) is 21.7. The van der Waals surface area contributed by atoms with Gasteiger partial charge in [0, 0.05) is 16.9 Å². The minimum atomic E-state index is -0.0298. The summed E-state index contributed by atoms with van der Waals surface area (Å²) in [5.41, 5.74) is 7.22. The van der Waals surface area contributed by atoms with E-state index < -0.39 is 0 Å². The average molecular weight is 404 g/mol. The van der Waals surface area contributed by atoms with E-state index in [9.17, 15) is 0 Å². The molecule has 4 rings (SSSR count). The second-order valence-electron chi connectivity index (χ2n) is 8.72. The van der Waals surface area contributed by atoms with E-state index in [0.29, 0.717) is 0 Å². The van der Waals surface area contributed by atoms with Gasteiger partial charge in [-0.05, 0) is 73.4 Å². The molecular weight excluding hydrogens is 374 g/mol. The SMILES string of the molecule is CC(C)(C)N(c1ccccc1)c1ccc(C=C(c2ccccc2)c2ccccc2)cc1. The maximum atomic E-state index is 2.38. The minimum Gasteiger partial charge on any atom is -0.336 e. The van der Waals surface area contributed by atoms with Gasteiger partial charge in [0.05, 0.1) is 0 Å². The van der Waals surface area contributed by atoms with E-state index in [1.54, 1.807) is 0 Å². The summed E-state index contributed by atoms with van der Waals surface area (Å²) >= 11 is 0. The van der Waals surface area contributed by atoms with Crippen LogP contribution in [-0.4, -0.2) is 5.54 Å². The lowest BCUT2D eigenvalue weighted by Crippen LogP contribution is -2.37. The molecule has 0 bridgehead atoms. The van der Waals surface area contributed by atoms with Crippen LogP contribution in [0, 0.1) is 0 Å². The van der Waals surface area contributed by atoms with E-state index in [1.165, 1.54) is 33.6 Å². The molecule has 0 heterocycles. The highest BCUT2D eigenvalue weighted by molar-refractivity contribution is 5.91. The summed E-state index contributed by atoms with van der Waals surface area (Å²) in [7, 11) is 0. The van der Waals surface area contributed by atoms with Crippen LogP contribution in [0.2, 0.25) is 0 Å². The normalized spacial score (nSPS) is 11.1. The molecule has 0 saturated carbocycles. The first-order valence-electron chi connectivity index (χ1n) is 10.8. The van der Waals surface area contributed by atoms with Crippen molar-refractivity contribution in [3.63, 3.8) is 0 Å². The Kier molecular flexibility index (Phi) is 6.04. The third-order valence-electron chi connectivity index (χ3n) is 5.32. The van der Waals surface area contributed by atoms with Gasteiger partial charge >= 0.3 is 0 Å². The summed E-state index contributed by atoms with van der Waals surface area (Å²) in [6.07, 6.45) is 2.28. The fraction of sp³-hybridized carbons (Fsp3) is 0.133. The Bertz CT molecular complexity index is 1080. The van der Waals surface area contributed by atoms with Gasteiger partial charge in [-0.2, -0.15) is 0 Å². The molecule has 0 radical (unpaired) electrons. The molecule has 0 N–H and O–H groups in total. The molecule has 0 saturated heterocycles. The summed E-state index contributed by atoms with van der Waals surface area (Å²) in [5, 5.41) is 0. The maximum Gasteiger partial charge on any atom is 0.0416 e. The number of anilines is 2. The van der Waals surface area contributed by atoms with Gasteiger partial charge in [-0.3, -0.25) is 0 Å². The van der Waals surface area contributed by atoms with Gasteiger partial charge in [0.1, 0.15) is 0 Å². The molecule has 4 aromatic carbocycles. The number of hydrogen-bond acceptors (Lipinski definition) is 1. The molecular formula is C30H29N. The first-order valence-corrected chi connectivity index (χ1v) is 10.8. The van der Waals surface area contributed by atoms with E-state index in [-0.39, 0.29) is 5.54 Å². The Morgan fingerprint density at radius 1 is 0.548 bits per heavy atom. The molecule has 31 heavy (non-hydrogen) atoms. The van der Waals surface area contributed by atoms with Crippen molar-refractivity contribution in [1.29, 1.82) is 0 Å². The molecule has 0 aliphatic carbocycles. The predicted molar refractivity (Wildman–Crippen MR) is 135 cm³/mol. The third kappa shape index (κ3) is 4.95. The Morgan fingerprint density at radius 3 is 1.42 bits per heavy atom. The van der Waals surface area contributed by atoms with Crippen LogP contribution in [0.25, 0.3) is 11.6 Å². The second kappa shape index (κ2) is 9.06. The van der Waals surface area contributed by atoms with Crippen LogP contribution in [0.3, 0.4) is 0 Å². The van der Waals surface area contributed by atoms with Crippen molar-refractivity contribution in [3.05, 3.63) is 132 Å². The van der Waals surface area contributed by atoms with Crippen LogP contribution >= 0.6 is 0 Å². The molecule has 0 unspecified atom stereocenters. The largest absolute Gasteiger partial charge is 0.336 e. The monoisotopic (exact) mass is 403 g/mol. The van der Waals surface area contributed by atoms with Gasteiger partial charge in [0.15, 0.2) is 0 Å².